The molecule has 0 atom stereocenters. The van der Waals surface area contributed by atoms with Crippen molar-refractivity contribution >= 4 is 5.78 Å². The second kappa shape index (κ2) is 5.50. The molecule has 0 fully saturated rings. The summed E-state index contributed by atoms with van der Waals surface area (Å²) >= 11 is 0. The van der Waals surface area contributed by atoms with E-state index in [0.717, 1.165) is 12.1 Å². The Kier molecular flexibility index (Phi) is 4.48. The van der Waals surface area contributed by atoms with Crippen molar-refractivity contribution in [1.29, 1.82) is 0 Å². The van der Waals surface area contributed by atoms with Crippen molar-refractivity contribution in [3.8, 4) is 0 Å². The van der Waals surface area contributed by atoms with Gasteiger partial charge in [0.2, 0.25) is 0 Å². The molecule has 0 spiro atoms. The van der Waals surface area contributed by atoms with Gasteiger partial charge in [-0.05, 0) is 24.5 Å². The quantitative estimate of drug-likeness (QED) is 0.578. The molecule has 0 N–H and O–H groups in total. The molecule has 0 aliphatic heterocycles. The lowest BCUT2D eigenvalue weighted by Crippen LogP contribution is -2.12. The van der Waals surface area contributed by atoms with Gasteiger partial charge in [0, 0.05) is 6.42 Å². The lowest BCUT2D eigenvalue weighted by atomic mass is 9.99. The summed E-state index contributed by atoms with van der Waals surface area (Å²) in [4.78, 5) is 11.6. The molecule has 1 aromatic rings. The van der Waals surface area contributed by atoms with Crippen LogP contribution in [0, 0.1) is 11.7 Å². The molecular formula is C13H14F4O. The maximum Gasteiger partial charge on any atom is 0.419 e. The van der Waals surface area contributed by atoms with Gasteiger partial charge in [-0.1, -0.05) is 19.9 Å². The molecule has 1 aromatic carbocycles. The number of hydrogen-bond acceptors (Lipinski definition) is 1. The van der Waals surface area contributed by atoms with Crippen LogP contribution in [-0.4, -0.2) is 5.78 Å². The number of ketones is 1. The molecule has 0 aliphatic rings. The molecule has 0 aliphatic carbocycles. The number of carbonyl (C=O) groups is 1. The fraction of sp³-hybridized carbons (Fsp3) is 0.462. The van der Waals surface area contributed by atoms with Crippen LogP contribution in [0.15, 0.2) is 18.2 Å². The van der Waals surface area contributed by atoms with Crippen LogP contribution in [0.3, 0.4) is 0 Å². The Hall–Kier alpha value is -1.39. The molecule has 0 saturated heterocycles. The standard InChI is InChI=1S/C13H14F4O/c1-8(2)6-7-11(18)9-4-3-5-10(12(9)14)13(15,16)17/h3-5,8H,6-7H2,1-2H3. The first kappa shape index (κ1) is 14.7. The first-order chi connectivity index (χ1) is 8.23. The Morgan fingerprint density at radius 3 is 2.39 bits per heavy atom. The molecule has 100 valence electrons. The number of hydrogen-bond donors (Lipinski definition) is 0. The molecule has 0 saturated carbocycles. The molecule has 0 amide bonds. The van der Waals surface area contributed by atoms with E-state index in [4.69, 9.17) is 0 Å². The van der Waals surface area contributed by atoms with E-state index >= 15 is 0 Å². The Bertz CT molecular complexity index is 435. The second-order valence-corrected chi connectivity index (χ2v) is 4.52. The average Bonchev–Trinajstić information content (AvgIpc) is 2.24. The van der Waals surface area contributed by atoms with Gasteiger partial charge in [-0.3, -0.25) is 4.79 Å². The summed E-state index contributed by atoms with van der Waals surface area (Å²) in [6.07, 6.45) is -4.21. The van der Waals surface area contributed by atoms with Crippen molar-refractivity contribution in [2.45, 2.75) is 32.9 Å². The van der Waals surface area contributed by atoms with E-state index in [1.165, 1.54) is 0 Å². The molecule has 18 heavy (non-hydrogen) atoms. The predicted octanol–water partition coefficient (Wildman–Crippen LogP) is 4.46. The van der Waals surface area contributed by atoms with Crippen molar-refractivity contribution in [1.82, 2.24) is 0 Å². The predicted molar refractivity (Wildman–Crippen MR) is 59.8 cm³/mol. The van der Waals surface area contributed by atoms with Gasteiger partial charge in [0.1, 0.15) is 5.82 Å². The maximum absolute atomic E-state index is 13.6. The average molecular weight is 262 g/mol. The van der Waals surface area contributed by atoms with Crippen molar-refractivity contribution < 1.29 is 22.4 Å². The summed E-state index contributed by atoms with van der Waals surface area (Å²) in [5.74, 6) is -1.83. The third-order valence-electron chi connectivity index (χ3n) is 2.55. The van der Waals surface area contributed by atoms with Crippen LogP contribution in [0.1, 0.15) is 42.6 Å². The van der Waals surface area contributed by atoms with Crippen molar-refractivity contribution in [3.05, 3.63) is 35.1 Å². The minimum atomic E-state index is -4.78. The van der Waals surface area contributed by atoms with E-state index < -0.39 is 28.9 Å². The molecule has 0 unspecified atom stereocenters. The highest BCUT2D eigenvalue weighted by molar-refractivity contribution is 5.96. The number of alkyl halides is 3. The van der Waals surface area contributed by atoms with Crippen LogP contribution in [0.4, 0.5) is 17.6 Å². The van der Waals surface area contributed by atoms with E-state index in [0.29, 0.717) is 12.5 Å². The Labute approximate surface area is 103 Å². The molecule has 1 nitrogen and oxygen atoms in total. The highest BCUT2D eigenvalue weighted by Crippen LogP contribution is 2.32. The van der Waals surface area contributed by atoms with E-state index in [1.54, 1.807) is 0 Å². The highest BCUT2D eigenvalue weighted by Gasteiger charge is 2.35. The zero-order chi connectivity index (χ0) is 13.9. The number of benzene rings is 1. The van der Waals surface area contributed by atoms with Gasteiger partial charge in [0.15, 0.2) is 5.78 Å². The lowest BCUT2D eigenvalue weighted by Gasteiger charge is -2.11. The van der Waals surface area contributed by atoms with Gasteiger partial charge in [0.25, 0.3) is 0 Å². The summed E-state index contributed by atoms with van der Waals surface area (Å²) in [6, 6.07) is 2.77. The number of carbonyl (C=O) groups excluding carboxylic acids is 1. The second-order valence-electron chi connectivity index (χ2n) is 4.52. The molecule has 1 rings (SSSR count). The number of Topliss-reactive ketones (excluding diaryl/α,β-unsaturated/α-hetero) is 1. The van der Waals surface area contributed by atoms with Crippen molar-refractivity contribution in [2.75, 3.05) is 0 Å². The molecule has 0 radical (unpaired) electrons. The maximum atomic E-state index is 13.6. The lowest BCUT2D eigenvalue weighted by molar-refractivity contribution is -0.140. The van der Waals surface area contributed by atoms with E-state index in [9.17, 15) is 22.4 Å². The molecule has 0 aromatic heterocycles. The van der Waals surface area contributed by atoms with Crippen LogP contribution in [0.2, 0.25) is 0 Å². The minimum absolute atomic E-state index is 0.0515. The van der Waals surface area contributed by atoms with Crippen LogP contribution in [0.5, 0.6) is 0 Å². The summed E-state index contributed by atoms with van der Waals surface area (Å²) in [5, 5.41) is 0. The largest absolute Gasteiger partial charge is 0.419 e. The monoisotopic (exact) mass is 262 g/mol. The summed E-state index contributed by atoms with van der Waals surface area (Å²) in [5.41, 5.74) is -1.87. The topological polar surface area (TPSA) is 17.1 Å². The van der Waals surface area contributed by atoms with Gasteiger partial charge in [-0.25, -0.2) is 4.39 Å². The van der Waals surface area contributed by atoms with Gasteiger partial charge in [-0.15, -0.1) is 0 Å². The molecule has 5 heteroatoms. The Balaban J connectivity index is 3.01. The SMILES string of the molecule is CC(C)CCC(=O)c1cccc(C(F)(F)F)c1F. The van der Waals surface area contributed by atoms with Gasteiger partial charge < -0.3 is 0 Å². The van der Waals surface area contributed by atoms with E-state index in [1.807, 2.05) is 13.8 Å². The smallest absolute Gasteiger partial charge is 0.294 e. The summed E-state index contributed by atoms with van der Waals surface area (Å²) in [6.45, 7) is 3.77. The first-order valence-corrected chi connectivity index (χ1v) is 5.62. The summed E-state index contributed by atoms with van der Waals surface area (Å²) in [7, 11) is 0. The van der Waals surface area contributed by atoms with E-state index in [-0.39, 0.29) is 12.3 Å². The van der Waals surface area contributed by atoms with Crippen LogP contribution < -0.4 is 0 Å². The minimum Gasteiger partial charge on any atom is -0.294 e. The molecule has 0 heterocycles. The highest BCUT2D eigenvalue weighted by atomic mass is 19.4. The van der Waals surface area contributed by atoms with Crippen LogP contribution in [-0.2, 0) is 6.18 Å². The fourth-order valence-corrected chi connectivity index (χ4v) is 1.52. The van der Waals surface area contributed by atoms with Crippen LogP contribution in [0.25, 0.3) is 0 Å². The third-order valence-corrected chi connectivity index (χ3v) is 2.55. The normalized spacial score (nSPS) is 11.9. The molecule has 0 bridgehead atoms. The fourth-order valence-electron chi connectivity index (χ4n) is 1.52. The zero-order valence-electron chi connectivity index (χ0n) is 10.1. The molecular weight excluding hydrogens is 248 g/mol. The van der Waals surface area contributed by atoms with E-state index in [2.05, 4.69) is 0 Å². The number of halogens is 4. The van der Waals surface area contributed by atoms with Crippen molar-refractivity contribution in [2.24, 2.45) is 5.92 Å². The third kappa shape index (κ3) is 3.55. The summed E-state index contributed by atoms with van der Waals surface area (Å²) < 4.78 is 51.0. The van der Waals surface area contributed by atoms with Crippen LogP contribution >= 0.6 is 0 Å². The Morgan fingerprint density at radius 2 is 1.89 bits per heavy atom. The van der Waals surface area contributed by atoms with Gasteiger partial charge in [-0.2, -0.15) is 13.2 Å². The van der Waals surface area contributed by atoms with Crippen molar-refractivity contribution in [3.63, 3.8) is 0 Å². The van der Waals surface area contributed by atoms with Gasteiger partial charge in [0.05, 0.1) is 11.1 Å². The van der Waals surface area contributed by atoms with Gasteiger partial charge >= 0.3 is 6.18 Å². The number of rotatable bonds is 4. The Morgan fingerprint density at radius 1 is 1.28 bits per heavy atom. The first-order valence-electron chi connectivity index (χ1n) is 5.62. The zero-order valence-corrected chi connectivity index (χ0v) is 10.1.